The van der Waals surface area contributed by atoms with Gasteiger partial charge in [-0.1, -0.05) is 0 Å². The zero-order chi connectivity index (χ0) is 21.2. The normalized spacial score (nSPS) is 21.0. The summed E-state index contributed by atoms with van der Waals surface area (Å²) in [4.78, 5) is 24.1. The van der Waals surface area contributed by atoms with Crippen LogP contribution in [0.1, 0.15) is 27.4 Å². The van der Waals surface area contributed by atoms with E-state index < -0.39 is 30.4 Å². The zero-order valence-electron chi connectivity index (χ0n) is 14.8. The Morgan fingerprint density at radius 2 is 1.79 bits per heavy atom. The molecule has 0 saturated carbocycles. The fourth-order valence-corrected chi connectivity index (χ4v) is 3.83. The molecular weight excluding hydrogens is 411 g/mol. The van der Waals surface area contributed by atoms with Crippen molar-refractivity contribution in [2.24, 2.45) is 0 Å². The Bertz CT molecular complexity index is 716. The van der Waals surface area contributed by atoms with Crippen LogP contribution >= 0.6 is 11.3 Å². The molecule has 2 fully saturated rings. The van der Waals surface area contributed by atoms with Gasteiger partial charge in [-0.3, -0.25) is 4.79 Å². The summed E-state index contributed by atoms with van der Waals surface area (Å²) in [5.41, 5.74) is -0.922. The van der Waals surface area contributed by atoms with Crippen molar-refractivity contribution in [2.45, 2.75) is 37.7 Å². The lowest BCUT2D eigenvalue weighted by atomic mass is 9.90. The maximum Gasteiger partial charge on any atom is 0.490 e. The smallest absolute Gasteiger partial charge is 0.475 e. The highest BCUT2D eigenvalue weighted by atomic mass is 32.1. The number of carbonyl (C=O) groups is 2. The van der Waals surface area contributed by atoms with Gasteiger partial charge in [0.25, 0.3) is 5.91 Å². The summed E-state index contributed by atoms with van der Waals surface area (Å²) >= 11 is 1.34. The van der Waals surface area contributed by atoms with E-state index in [0.717, 1.165) is 4.88 Å². The monoisotopic (exact) mass is 430 g/mol. The molecule has 2 saturated heterocycles. The van der Waals surface area contributed by atoms with Crippen LogP contribution in [0.5, 0.6) is 0 Å². The summed E-state index contributed by atoms with van der Waals surface area (Å²) in [6, 6.07) is 3.53. The summed E-state index contributed by atoms with van der Waals surface area (Å²) in [7, 11) is 0. The topological polar surface area (TPSA) is 78.9 Å². The predicted molar refractivity (Wildman–Crippen MR) is 89.5 cm³/mol. The molecule has 1 spiro atoms. The average Bonchev–Trinajstić information content (AvgIpc) is 2.99. The summed E-state index contributed by atoms with van der Waals surface area (Å²) in [5, 5.41) is 10.3. The van der Waals surface area contributed by atoms with E-state index in [9.17, 15) is 26.7 Å². The first-order valence-electron chi connectivity index (χ1n) is 8.28. The van der Waals surface area contributed by atoms with Crippen molar-refractivity contribution in [2.75, 3.05) is 26.2 Å². The van der Waals surface area contributed by atoms with Crippen LogP contribution in [-0.2, 0) is 9.53 Å². The molecule has 12 heteroatoms. The van der Waals surface area contributed by atoms with Crippen molar-refractivity contribution in [1.82, 2.24) is 10.2 Å². The third-order valence-corrected chi connectivity index (χ3v) is 5.20. The van der Waals surface area contributed by atoms with E-state index in [1.807, 2.05) is 13.0 Å². The van der Waals surface area contributed by atoms with Gasteiger partial charge in [0.1, 0.15) is 6.54 Å². The number of piperidine rings is 1. The summed E-state index contributed by atoms with van der Waals surface area (Å²) in [5.74, 6) is -3.08. The van der Waals surface area contributed by atoms with Gasteiger partial charge in [0.15, 0.2) is 0 Å². The van der Waals surface area contributed by atoms with Gasteiger partial charge >= 0.3 is 18.3 Å². The maximum atomic E-state index is 13.9. The molecule has 3 rings (SSSR count). The van der Waals surface area contributed by atoms with Crippen LogP contribution in [-0.4, -0.2) is 65.9 Å². The zero-order valence-corrected chi connectivity index (χ0v) is 15.6. The second kappa shape index (κ2) is 8.29. The SMILES string of the molecule is Cc1ccc(C(=O)N2CC(F)(F)OC3(CCNCC3)C2)s1.O=C(O)C(F)(F)F. The highest BCUT2D eigenvalue weighted by Crippen LogP contribution is 2.37. The number of thiophene rings is 1. The third-order valence-electron chi connectivity index (χ3n) is 4.22. The van der Waals surface area contributed by atoms with Gasteiger partial charge in [0, 0.05) is 4.88 Å². The molecule has 0 unspecified atom stereocenters. The Morgan fingerprint density at radius 1 is 1.21 bits per heavy atom. The highest BCUT2D eigenvalue weighted by Gasteiger charge is 2.51. The lowest BCUT2D eigenvalue weighted by molar-refractivity contribution is -0.329. The number of amides is 1. The number of alkyl halides is 5. The highest BCUT2D eigenvalue weighted by molar-refractivity contribution is 7.13. The molecule has 0 radical (unpaired) electrons. The molecule has 1 amide bonds. The van der Waals surface area contributed by atoms with Crippen molar-refractivity contribution in [3.8, 4) is 0 Å². The molecule has 0 atom stereocenters. The van der Waals surface area contributed by atoms with Crippen LogP contribution in [0.25, 0.3) is 0 Å². The number of hydrogen-bond donors (Lipinski definition) is 2. The molecular formula is C16H19F5N2O4S. The lowest BCUT2D eigenvalue weighted by Crippen LogP contribution is -2.62. The summed E-state index contributed by atoms with van der Waals surface area (Å²) in [6.45, 7) is 2.73. The molecule has 0 aromatic carbocycles. The van der Waals surface area contributed by atoms with E-state index >= 15 is 0 Å². The molecule has 1 aromatic rings. The largest absolute Gasteiger partial charge is 0.490 e. The van der Waals surface area contributed by atoms with E-state index in [2.05, 4.69) is 5.32 Å². The van der Waals surface area contributed by atoms with Crippen LogP contribution in [0.2, 0.25) is 0 Å². The molecule has 6 nitrogen and oxygen atoms in total. The Balaban J connectivity index is 0.000000345. The van der Waals surface area contributed by atoms with Crippen molar-refractivity contribution >= 4 is 23.2 Å². The Labute approximate surface area is 161 Å². The van der Waals surface area contributed by atoms with Crippen LogP contribution in [0.3, 0.4) is 0 Å². The number of carboxylic acids is 1. The van der Waals surface area contributed by atoms with E-state index in [0.29, 0.717) is 30.8 Å². The minimum absolute atomic E-state index is 0.236. The van der Waals surface area contributed by atoms with Gasteiger partial charge in [-0.05, 0) is 45.0 Å². The van der Waals surface area contributed by atoms with Crippen LogP contribution in [0.4, 0.5) is 22.0 Å². The lowest BCUT2D eigenvalue weighted by Gasteiger charge is -2.47. The van der Waals surface area contributed by atoms with Crippen molar-refractivity contribution in [3.05, 3.63) is 21.9 Å². The molecule has 2 aliphatic heterocycles. The number of aliphatic carboxylic acids is 1. The molecule has 158 valence electrons. The molecule has 2 aliphatic rings. The van der Waals surface area contributed by atoms with E-state index in [4.69, 9.17) is 14.6 Å². The number of nitrogens with one attached hydrogen (secondary N) is 1. The number of carboxylic acid groups (broad SMARTS) is 1. The van der Waals surface area contributed by atoms with Crippen molar-refractivity contribution in [3.63, 3.8) is 0 Å². The second-order valence-corrected chi connectivity index (χ2v) is 7.83. The number of halogens is 5. The minimum atomic E-state index is -5.08. The number of nitrogens with zero attached hydrogens (tertiary/aromatic N) is 1. The number of hydrogen-bond acceptors (Lipinski definition) is 5. The van der Waals surface area contributed by atoms with Gasteiger partial charge < -0.3 is 20.1 Å². The standard InChI is InChI=1S/C14H18F2N2O2S.C2HF3O2/c1-10-2-3-11(21-10)12(19)18-8-13(4-6-17-7-5-13)20-14(15,16)9-18;3-2(4,5)1(6)7/h2-3,17H,4-9H2,1H3;(H,6,7). The third kappa shape index (κ3) is 5.85. The second-order valence-electron chi connectivity index (χ2n) is 6.55. The molecule has 28 heavy (non-hydrogen) atoms. The number of carbonyl (C=O) groups excluding carboxylic acids is 1. The number of morpholine rings is 1. The number of ether oxygens (including phenoxy) is 1. The first-order chi connectivity index (χ1) is 12.8. The van der Waals surface area contributed by atoms with E-state index in [-0.39, 0.29) is 12.5 Å². The van der Waals surface area contributed by atoms with Crippen LogP contribution in [0.15, 0.2) is 12.1 Å². The van der Waals surface area contributed by atoms with E-state index in [1.54, 1.807) is 6.07 Å². The van der Waals surface area contributed by atoms with Gasteiger partial charge in [-0.15, -0.1) is 11.3 Å². The average molecular weight is 430 g/mol. The van der Waals surface area contributed by atoms with E-state index in [1.165, 1.54) is 16.2 Å². The number of rotatable bonds is 1. The summed E-state index contributed by atoms with van der Waals surface area (Å²) < 4.78 is 64.7. The first-order valence-corrected chi connectivity index (χ1v) is 9.10. The Kier molecular flexibility index (Phi) is 6.66. The predicted octanol–water partition coefficient (Wildman–Crippen LogP) is 2.88. The molecule has 0 bridgehead atoms. The van der Waals surface area contributed by atoms with Crippen molar-refractivity contribution in [1.29, 1.82) is 0 Å². The quantitative estimate of drug-likeness (QED) is 0.670. The van der Waals surface area contributed by atoms with Crippen molar-refractivity contribution < 1.29 is 41.4 Å². The molecule has 1 aromatic heterocycles. The molecule has 3 heterocycles. The molecule has 2 N–H and O–H groups in total. The maximum absolute atomic E-state index is 13.9. The van der Waals surface area contributed by atoms with Gasteiger partial charge in [0.2, 0.25) is 0 Å². The summed E-state index contributed by atoms with van der Waals surface area (Å²) in [6.07, 6.45) is -7.37. The van der Waals surface area contributed by atoms with Crippen LogP contribution in [0, 0.1) is 6.92 Å². The first kappa shape index (κ1) is 22.5. The van der Waals surface area contributed by atoms with Gasteiger partial charge in [-0.25, -0.2) is 4.79 Å². The van der Waals surface area contributed by atoms with Gasteiger partial charge in [-0.2, -0.15) is 22.0 Å². The Hall–Kier alpha value is -1.79. The number of aryl methyl sites for hydroxylation is 1. The van der Waals surface area contributed by atoms with Gasteiger partial charge in [0.05, 0.1) is 17.0 Å². The fourth-order valence-electron chi connectivity index (χ4n) is 3.00. The minimum Gasteiger partial charge on any atom is -0.475 e. The fraction of sp³-hybridized carbons (Fsp3) is 0.625. The Morgan fingerprint density at radius 3 is 2.25 bits per heavy atom. The molecule has 0 aliphatic carbocycles. The van der Waals surface area contributed by atoms with Crippen LogP contribution < -0.4 is 5.32 Å².